The average molecular weight is 434 g/mol. The van der Waals surface area contributed by atoms with E-state index < -0.39 is 0 Å². The Morgan fingerprint density at radius 1 is 1.10 bits per heavy atom. The molecule has 1 fully saturated rings. The van der Waals surface area contributed by atoms with E-state index in [2.05, 4.69) is 39.7 Å². The summed E-state index contributed by atoms with van der Waals surface area (Å²) in [7, 11) is 0. The van der Waals surface area contributed by atoms with Crippen molar-refractivity contribution in [2.45, 2.75) is 32.2 Å². The molecule has 5 nitrogen and oxygen atoms in total. The molecular weight excluding hydrogens is 409 g/mol. The van der Waals surface area contributed by atoms with Gasteiger partial charge in [0.15, 0.2) is 0 Å². The summed E-state index contributed by atoms with van der Waals surface area (Å²) in [5, 5.41) is 5.33. The molecule has 1 aliphatic rings. The van der Waals surface area contributed by atoms with E-state index >= 15 is 0 Å². The van der Waals surface area contributed by atoms with Crippen LogP contribution in [0.1, 0.15) is 31.2 Å². The lowest BCUT2D eigenvalue weighted by Crippen LogP contribution is -2.34. The molecule has 0 bridgehead atoms. The first-order chi connectivity index (χ1) is 14.1. The number of ether oxygens (including phenoxy) is 1. The van der Waals surface area contributed by atoms with Crippen LogP contribution in [-0.4, -0.2) is 36.2 Å². The Labute approximate surface area is 181 Å². The molecule has 1 amide bonds. The van der Waals surface area contributed by atoms with Gasteiger partial charge in [-0.3, -0.25) is 9.69 Å². The van der Waals surface area contributed by atoms with Crippen molar-refractivity contribution in [3.8, 4) is 5.75 Å². The third-order valence-electron chi connectivity index (χ3n) is 4.72. The SMILES string of the molecule is O=C(CCCOc1ccc(Cl)cc1Cl)NN=C1CCN(Cc2ccccc2)CC1. The molecule has 1 heterocycles. The third kappa shape index (κ3) is 7.35. The van der Waals surface area contributed by atoms with E-state index in [-0.39, 0.29) is 5.91 Å². The van der Waals surface area contributed by atoms with Gasteiger partial charge in [-0.2, -0.15) is 5.10 Å². The number of carbonyl (C=O) groups excluding carboxylic acids is 1. The highest BCUT2D eigenvalue weighted by atomic mass is 35.5. The van der Waals surface area contributed by atoms with Crippen LogP contribution in [0.3, 0.4) is 0 Å². The summed E-state index contributed by atoms with van der Waals surface area (Å²) < 4.78 is 5.59. The Morgan fingerprint density at radius 3 is 2.59 bits per heavy atom. The van der Waals surface area contributed by atoms with E-state index in [0.29, 0.717) is 35.2 Å². The molecule has 0 saturated carbocycles. The molecule has 0 aromatic heterocycles. The topological polar surface area (TPSA) is 53.9 Å². The van der Waals surface area contributed by atoms with Gasteiger partial charge in [0.25, 0.3) is 0 Å². The fourth-order valence-corrected chi connectivity index (χ4v) is 3.59. The van der Waals surface area contributed by atoms with Crippen molar-refractivity contribution in [1.29, 1.82) is 0 Å². The molecule has 7 heteroatoms. The van der Waals surface area contributed by atoms with Gasteiger partial charge >= 0.3 is 0 Å². The zero-order valence-corrected chi connectivity index (χ0v) is 17.8. The van der Waals surface area contributed by atoms with Crippen LogP contribution in [-0.2, 0) is 11.3 Å². The first-order valence-electron chi connectivity index (χ1n) is 9.78. The number of benzene rings is 2. The number of hydrazone groups is 1. The van der Waals surface area contributed by atoms with Crippen LogP contribution in [0, 0.1) is 0 Å². The first kappa shape index (κ1) is 21.6. The summed E-state index contributed by atoms with van der Waals surface area (Å²) in [4.78, 5) is 14.4. The zero-order valence-electron chi connectivity index (χ0n) is 16.2. The highest BCUT2D eigenvalue weighted by Gasteiger charge is 2.15. The van der Waals surface area contributed by atoms with Crippen molar-refractivity contribution < 1.29 is 9.53 Å². The minimum absolute atomic E-state index is 0.102. The molecule has 3 rings (SSSR count). The fourth-order valence-electron chi connectivity index (χ4n) is 3.13. The lowest BCUT2D eigenvalue weighted by molar-refractivity contribution is -0.121. The van der Waals surface area contributed by atoms with E-state index in [1.165, 1.54) is 5.56 Å². The molecule has 29 heavy (non-hydrogen) atoms. The van der Waals surface area contributed by atoms with Gasteiger partial charge in [-0.05, 0) is 30.2 Å². The van der Waals surface area contributed by atoms with Gasteiger partial charge < -0.3 is 4.74 Å². The highest BCUT2D eigenvalue weighted by molar-refractivity contribution is 6.35. The molecule has 2 aromatic carbocycles. The van der Waals surface area contributed by atoms with E-state index in [9.17, 15) is 4.79 Å². The second-order valence-electron chi connectivity index (χ2n) is 7.00. The highest BCUT2D eigenvalue weighted by Crippen LogP contribution is 2.27. The number of hydrogen-bond donors (Lipinski definition) is 1. The maximum atomic E-state index is 12.0. The molecule has 1 N–H and O–H groups in total. The van der Waals surface area contributed by atoms with Crippen LogP contribution in [0.2, 0.25) is 10.0 Å². The standard InChI is InChI=1S/C22H25Cl2N3O2/c23-18-8-9-21(20(24)15-18)29-14-4-7-22(28)26-25-19-10-12-27(13-11-19)16-17-5-2-1-3-6-17/h1-3,5-6,8-9,15H,4,7,10-14,16H2,(H,26,28). The quantitative estimate of drug-likeness (QED) is 0.474. The molecule has 154 valence electrons. The monoisotopic (exact) mass is 433 g/mol. The second-order valence-corrected chi connectivity index (χ2v) is 7.85. The number of nitrogens with zero attached hydrogens (tertiary/aromatic N) is 2. The largest absolute Gasteiger partial charge is 0.492 e. The van der Waals surface area contributed by atoms with Crippen molar-refractivity contribution in [1.82, 2.24) is 10.3 Å². The molecule has 1 aliphatic heterocycles. The smallest absolute Gasteiger partial charge is 0.240 e. The summed E-state index contributed by atoms with van der Waals surface area (Å²) in [6, 6.07) is 15.5. The van der Waals surface area contributed by atoms with Crippen LogP contribution in [0.25, 0.3) is 0 Å². The van der Waals surface area contributed by atoms with Gasteiger partial charge in [0, 0.05) is 49.6 Å². The maximum Gasteiger partial charge on any atom is 0.240 e. The van der Waals surface area contributed by atoms with E-state index in [0.717, 1.165) is 38.2 Å². The lowest BCUT2D eigenvalue weighted by Gasteiger charge is -2.27. The van der Waals surface area contributed by atoms with Gasteiger partial charge in [-0.15, -0.1) is 0 Å². The molecule has 2 aromatic rings. The van der Waals surface area contributed by atoms with Crippen molar-refractivity contribution in [2.24, 2.45) is 5.10 Å². The number of halogens is 2. The Kier molecular flexibility index (Phi) is 8.35. The number of piperidine rings is 1. The third-order valence-corrected chi connectivity index (χ3v) is 5.25. The summed E-state index contributed by atoms with van der Waals surface area (Å²) in [6.07, 6.45) is 2.69. The number of hydrogen-bond acceptors (Lipinski definition) is 4. The van der Waals surface area contributed by atoms with E-state index in [4.69, 9.17) is 27.9 Å². The Morgan fingerprint density at radius 2 is 1.86 bits per heavy atom. The summed E-state index contributed by atoms with van der Waals surface area (Å²) >= 11 is 11.9. The van der Waals surface area contributed by atoms with Crippen molar-refractivity contribution in [2.75, 3.05) is 19.7 Å². The van der Waals surface area contributed by atoms with Crippen LogP contribution in [0.4, 0.5) is 0 Å². The lowest BCUT2D eigenvalue weighted by atomic mass is 10.1. The Balaban J connectivity index is 1.31. The second kappa shape index (κ2) is 11.2. The van der Waals surface area contributed by atoms with Crippen LogP contribution >= 0.6 is 23.2 Å². The van der Waals surface area contributed by atoms with Gasteiger partial charge in [-0.25, -0.2) is 5.43 Å². The predicted octanol–water partition coefficient (Wildman–Crippen LogP) is 4.92. The maximum absolute atomic E-state index is 12.0. The Bertz CT molecular complexity index is 833. The van der Waals surface area contributed by atoms with Crippen molar-refractivity contribution in [3.05, 3.63) is 64.1 Å². The molecule has 0 spiro atoms. The van der Waals surface area contributed by atoms with Crippen molar-refractivity contribution >= 4 is 34.8 Å². The number of carbonyl (C=O) groups is 1. The number of amides is 1. The van der Waals surface area contributed by atoms with Crippen molar-refractivity contribution in [3.63, 3.8) is 0 Å². The number of rotatable bonds is 8. The predicted molar refractivity (Wildman–Crippen MR) is 118 cm³/mol. The summed E-state index contributed by atoms with van der Waals surface area (Å²) in [5.41, 5.74) is 5.04. The van der Waals surface area contributed by atoms with E-state index in [1.54, 1.807) is 18.2 Å². The number of likely N-dealkylation sites (tertiary alicyclic amines) is 1. The number of nitrogens with one attached hydrogen (secondary N) is 1. The summed E-state index contributed by atoms with van der Waals surface area (Å²) in [5.74, 6) is 0.467. The zero-order chi connectivity index (χ0) is 20.5. The van der Waals surface area contributed by atoms with Gasteiger partial charge in [-0.1, -0.05) is 53.5 Å². The van der Waals surface area contributed by atoms with Gasteiger partial charge in [0.1, 0.15) is 5.75 Å². The first-order valence-corrected chi connectivity index (χ1v) is 10.5. The van der Waals surface area contributed by atoms with Gasteiger partial charge in [0.2, 0.25) is 5.91 Å². The minimum Gasteiger partial charge on any atom is -0.492 e. The molecule has 1 saturated heterocycles. The summed E-state index contributed by atoms with van der Waals surface area (Å²) in [6.45, 7) is 3.27. The molecular formula is C22H25Cl2N3O2. The molecule has 0 aliphatic carbocycles. The van der Waals surface area contributed by atoms with Crippen LogP contribution in [0.5, 0.6) is 5.75 Å². The fraction of sp³-hybridized carbons (Fsp3) is 0.364. The normalized spacial score (nSPS) is 14.5. The minimum atomic E-state index is -0.102. The molecule has 0 atom stereocenters. The molecule has 0 unspecified atom stereocenters. The average Bonchev–Trinajstić information content (AvgIpc) is 2.73. The Hall–Kier alpha value is -2.08. The van der Waals surface area contributed by atoms with Crippen LogP contribution in [0.15, 0.2) is 53.6 Å². The van der Waals surface area contributed by atoms with Crippen LogP contribution < -0.4 is 10.2 Å². The van der Waals surface area contributed by atoms with Gasteiger partial charge in [0.05, 0.1) is 11.6 Å². The van der Waals surface area contributed by atoms with E-state index in [1.807, 2.05) is 6.07 Å². The molecule has 0 radical (unpaired) electrons.